The number of benzene rings is 1. The average Bonchev–Trinajstić information content (AvgIpc) is 2.36. The monoisotopic (exact) mass is 374 g/mol. The van der Waals surface area contributed by atoms with Gasteiger partial charge in [0.2, 0.25) is 5.82 Å². The maximum absolute atomic E-state index is 14.9. The lowest BCUT2D eigenvalue weighted by atomic mass is 9.85. The Morgan fingerprint density at radius 1 is 1.15 bits per heavy atom. The van der Waals surface area contributed by atoms with E-state index in [-0.39, 0.29) is 4.90 Å². The zero-order valence-electron chi connectivity index (χ0n) is 15.2. The van der Waals surface area contributed by atoms with E-state index in [0.717, 1.165) is 0 Å². The van der Waals surface area contributed by atoms with Gasteiger partial charge in [-0.2, -0.15) is 9.29 Å². The quantitative estimate of drug-likeness (QED) is 0.599. The van der Waals surface area contributed by atoms with Crippen LogP contribution in [0.1, 0.15) is 47.1 Å². The molecule has 0 aromatic heterocycles. The van der Waals surface area contributed by atoms with E-state index in [9.17, 15) is 33.6 Å². The smallest absolute Gasteiger partial charge is 0.424 e. The van der Waals surface area contributed by atoms with Gasteiger partial charge in [-0.05, 0) is 26.2 Å². The number of carbonyl (C=O) groups is 2. The molecule has 1 aromatic rings. The second-order valence-electron chi connectivity index (χ2n) is 7.52. The molecule has 0 heterocycles. The van der Waals surface area contributed by atoms with Crippen LogP contribution in [0.4, 0.5) is 29.7 Å². The minimum absolute atomic E-state index is 0.123. The number of nitro groups is 1. The molecular formula is C16H20F2N2O6. The number of rotatable bonds is 2. The lowest BCUT2D eigenvalue weighted by Crippen LogP contribution is -2.41. The average molecular weight is 374 g/mol. The summed E-state index contributed by atoms with van der Waals surface area (Å²) in [5.41, 5.74) is -5.20. The highest BCUT2D eigenvalue weighted by atomic mass is 19.1. The van der Waals surface area contributed by atoms with Crippen LogP contribution < -0.4 is 4.90 Å². The molecule has 0 fully saturated rings. The topological polar surface area (TPSA) is 110 Å². The van der Waals surface area contributed by atoms with Crippen molar-refractivity contribution in [3.8, 4) is 0 Å². The van der Waals surface area contributed by atoms with Gasteiger partial charge in [-0.15, -0.1) is 0 Å². The number of anilines is 1. The van der Waals surface area contributed by atoms with Gasteiger partial charge in [0.25, 0.3) is 0 Å². The van der Waals surface area contributed by atoms with Crippen molar-refractivity contribution in [2.45, 2.75) is 52.6 Å². The molecule has 0 saturated carbocycles. The SMILES string of the molecule is CC(C)(C)OC(=O)N(C(=O)O)c1cc([N+](=O)[O-])c(F)c(C(C)(C)C)c1F. The van der Waals surface area contributed by atoms with E-state index in [1.54, 1.807) is 0 Å². The van der Waals surface area contributed by atoms with Gasteiger partial charge < -0.3 is 9.84 Å². The Morgan fingerprint density at radius 2 is 1.65 bits per heavy atom. The number of nitrogens with zero attached hydrogens (tertiary/aromatic N) is 2. The van der Waals surface area contributed by atoms with Crippen LogP contribution in [0.25, 0.3) is 0 Å². The molecule has 144 valence electrons. The third-order valence-corrected chi connectivity index (χ3v) is 3.12. The van der Waals surface area contributed by atoms with Gasteiger partial charge in [-0.1, -0.05) is 20.8 Å². The summed E-state index contributed by atoms with van der Waals surface area (Å²) in [5.74, 6) is -2.83. The molecule has 8 nitrogen and oxygen atoms in total. The van der Waals surface area contributed by atoms with Crippen molar-refractivity contribution in [2.24, 2.45) is 0 Å². The van der Waals surface area contributed by atoms with E-state index in [2.05, 4.69) is 0 Å². The van der Waals surface area contributed by atoms with Crippen molar-refractivity contribution in [1.82, 2.24) is 0 Å². The molecular weight excluding hydrogens is 354 g/mol. The predicted octanol–water partition coefficient (Wildman–Crippen LogP) is 4.59. The second-order valence-corrected chi connectivity index (χ2v) is 7.52. The Morgan fingerprint density at radius 3 is 2.00 bits per heavy atom. The zero-order valence-corrected chi connectivity index (χ0v) is 15.2. The molecule has 0 saturated heterocycles. The van der Waals surface area contributed by atoms with Gasteiger partial charge in [0, 0.05) is 11.6 Å². The number of halogens is 2. The summed E-state index contributed by atoms with van der Waals surface area (Å²) >= 11 is 0. The number of imide groups is 1. The number of nitro benzene ring substituents is 1. The zero-order chi connectivity index (χ0) is 20.6. The van der Waals surface area contributed by atoms with E-state index in [4.69, 9.17) is 4.74 Å². The summed E-state index contributed by atoms with van der Waals surface area (Å²) in [7, 11) is 0. The highest BCUT2D eigenvalue weighted by molar-refractivity contribution is 6.09. The van der Waals surface area contributed by atoms with Crippen molar-refractivity contribution in [1.29, 1.82) is 0 Å². The highest BCUT2D eigenvalue weighted by Crippen LogP contribution is 2.38. The normalized spacial score (nSPS) is 11.8. The summed E-state index contributed by atoms with van der Waals surface area (Å²) < 4.78 is 34.2. The molecule has 1 aromatic carbocycles. The van der Waals surface area contributed by atoms with Crippen LogP contribution in [-0.4, -0.2) is 27.8 Å². The Hall–Kier alpha value is -2.78. The Bertz CT molecular complexity index is 765. The van der Waals surface area contributed by atoms with Gasteiger partial charge in [-0.25, -0.2) is 14.0 Å². The molecule has 0 atom stereocenters. The standard InChI is InChI=1S/C16H20F2N2O6/c1-15(2,3)10-11(17)8(7-9(12(10)18)20(24)25)19(13(21)22)14(23)26-16(4,5)6/h7H,1-6H3,(H,21,22). The maximum Gasteiger partial charge on any atom is 0.424 e. The molecule has 0 aliphatic carbocycles. The molecule has 1 N–H and O–H groups in total. The fourth-order valence-electron chi connectivity index (χ4n) is 2.15. The van der Waals surface area contributed by atoms with Gasteiger partial charge in [-0.3, -0.25) is 10.1 Å². The van der Waals surface area contributed by atoms with Crippen molar-refractivity contribution in [3.63, 3.8) is 0 Å². The van der Waals surface area contributed by atoms with Crippen molar-refractivity contribution < 1.29 is 33.1 Å². The van der Waals surface area contributed by atoms with Crippen LogP contribution in [0.2, 0.25) is 0 Å². The molecule has 0 aliphatic rings. The Kier molecular flexibility index (Phi) is 5.60. The maximum atomic E-state index is 14.9. The summed E-state index contributed by atoms with van der Waals surface area (Å²) in [5, 5.41) is 20.4. The Balaban J connectivity index is 3.78. The van der Waals surface area contributed by atoms with E-state index in [1.165, 1.54) is 41.5 Å². The van der Waals surface area contributed by atoms with Gasteiger partial charge >= 0.3 is 17.9 Å². The number of carbonyl (C=O) groups excluding carboxylic acids is 1. The molecule has 10 heteroatoms. The third kappa shape index (κ3) is 4.44. The summed E-state index contributed by atoms with van der Waals surface area (Å²) in [6, 6.07) is 0.359. The van der Waals surface area contributed by atoms with E-state index < -0.39 is 56.7 Å². The van der Waals surface area contributed by atoms with E-state index in [1.807, 2.05) is 0 Å². The Labute approximate surface area is 148 Å². The highest BCUT2D eigenvalue weighted by Gasteiger charge is 2.38. The molecule has 26 heavy (non-hydrogen) atoms. The largest absolute Gasteiger partial charge is 0.464 e. The van der Waals surface area contributed by atoms with Gasteiger partial charge in [0.15, 0.2) is 5.82 Å². The molecule has 0 bridgehead atoms. The molecule has 2 amide bonds. The van der Waals surface area contributed by atoms with Crippen LogP contribution in [0.15, 0.2) is 6.07 Å². The first-order valence-electron chi connectivity index (χ1n) is 7.50. The number of amides is 2. The number of ether oxygens (including phenoxy) is 1. The lowest BCUT2D eigenvalue weighted by Gasteiger charge is -2.27. The fourth-order valence-corrected chi connectivity index (χ4v) is 2.15. The van der Waals surface area contributed by atoms with Gasteiger partial charge in [0.05, 0.1) is 4.92 Å². The lowest BCUT2D eigenvalue weighted by molar-refractivity contribution is -0.387. The molecule has 0 aliphatic heterocycles. The minimum Gasteiger partial charge on any atom is -0.464 e. The molecule has 0 spiro atoms. The van der Waals surface area contributed by atoms with E-state index >= 15 is 0 Å². The molecule has 0 unspecified atom stereocenters. The number of carboxylic acid groups (broad SMARTS) is 1. The second kappa shape index (κ2) is 6.85. The fraction of sp³-hybridized carbons (Fsp3) is 0.500. The third-order valence-electron chi connectivity index (χ3n) is 3.12. The predicted molar refractivity (Wildman–Crippen MR) is 88.5 cm³/mol. The first-order valence-corrected chi connectivity index (χ1v) is 7.50. The summed E-state index contributed by atoms with van der Waals surface area (Å²) in [6.07, 6.45) is -3.40. The van der Waals surface area contributed by atoms with Crippen LogP contribution in [0, 0.1) is 21.7 Å². The van der Waals surface area contributed by atoms with Crippen molar-refractivity contribution in [2.75, 3.05) is 4.90 Å². The first kappa shape index (κ1) is 21.3. The summed E-state index contributed by atoms with van der Waals surface area (Å²) in [6.45, 7) is 8.53. The number of hydrogen-bond acceptors (Lipinski definition) is 5. The van der Waals surface area contributed by atoms with Crippen molar-refractivity contribution in [3.05, 3.63) is 33.4 Å². The van der Waals surface area contributed by atoms with Crippen LogP contribution in [-0.2, 0) is 10.2 Å². The first-order chi connectivity index (χ1) is 11.6. The molecule has 1 rings (SSSR count). The van der Waals surface area contributed by atoms with Gasteiger partial charge in [0.1, 0.15) is 11.3 Å². The minimum atomic E-state index is -1.93. The molecule has 0 radical (unpaired) electrons. The number of hydrogen-bond donors (Lipinski definition) is 1. The van der Waals surface area contributed by atoms with Crippen molar-refractivity contribution >= 4 is 23.6 Å². The summed E-state index contributed by atoms with van der Waals surface area (Å²) in [4.78, 5) is 33.5. The van der Waals surface area contributed by atoms with Crippen LogP contribution >= 0.6 is 0 Å². The van der Waals surface area contributed by atoms with E-state index in [0.29, 0.717) is 6.07 Å². The van der Waals surface area contributed by atoms with Crippen LogP contribution in [0.5, 0.6) is 0 Å². The van der Waals surface area contributed by atoms with Crippen LogP contribution in [0.3, 0.4) is 0 Å².